The number of aliphatic hydroxyl groups excluding tert-OH is 1. The van der Waals surface area contributed by atoms with E-state index in [-0.39, 0.29) is 6.61 Å². The molecule has 0 unspecified atom stereocenters. The third-order valence-corrected chi connectivity index (χ3v) is 1.83. The van der Waals surface area contributed by atoms with Gasteiger partial charge in [0, 0.05) is 6.92 Å². The summed E-state index contributed by atoms with van der Waals surface area (Å²) >= 11 is 0. The van der Waals surface area contributed by atoms with Crippen molar-refractivity contribution in [2.24, 2.45) is 0 Å². The van der Waals surface area contributed by atoms with E-state index < -0.39 is 23.6 Å². The van der Waals surface area contributed by atoms with Gasteiger partial charge in [0.2, 0.25) is 5.60 Å². The topological polar surface area (TPSA) is 72.8 Å². The van der Waals surface area contributed by atoms with Crippen molar-refractivity contribution >= 4 is 11.9 Å². The molecule has 5 nitrogen and oxygen atoms in total. The number of esters is 2. The third-order valence-electron chi connectivity index (χ3n) is 1.83. The van der Waals surface area contributed by atoms with Crippen molar-refractivity contribution < 1.29 is 24.2 Å². The SMILES string of the molecule is CCOC(=O)[C@@](C)(OC(C)=O)[C@@H](C)O. The minimum Gasteiger partial charge on any atom is -0.463 e. The van der Waals surface area contributed by atoms with E-state index in [0.29, 0.717) is 0 Å². The number of hydrogen-bond acceptors (Lipinski definition) is 5. The average Bonchev–Trinajstić information content (AvgIpc) is 2.02. The van der Waals surface area contributed by atoms with Crippen LogP contribution in [-0.2, 0) is 19.1 Å². The van der Waals surface area contributed by atoms with Gasteiger partial charge in [0.1, 0.15) is 6.10 Å². The molecule has 0 fully saturated rings. The lowest BCUT2D eigenvalue weighted by Crippen LogP contribution is -2.49. The zero-order valence-electron chi connectivity index (χ0n) is 8.86. The number of carbonyl (C=O) groups is 2. The second-order valence-electron chi connectivity index (χ2n) is 3.10. The van der Waals surface area contributed by atoms with Crippen LogP contribution in [0.2, 0.25) is 0 Å². The molecule has 0 aromatic heterocycles. The molecule has 5 heteroatoms. The van der Waals surface area contributed by atoms with E-state index in [1.165, 1.54) is 20.8 Å². The third kappa shape index (κ3) is 2.99. The summed E-state index contributed by atoms with van der Waals surface area (Å²) in [6.45, 7) is 5.65. The molecule has 14 heavy (non-hydrogen) atoms. The lowest BCUT2D eigenvalue weighted by atomic mass is 10.0. The Morgan fingerprint density at radius 2 is 2.00 bits per heavy atom. The van der Waals surface area contributed by atoms with Crippen molar-refractivity contribution in [2.45, 2.75) is 39.4 Å². The Bertz CT molecular complexity index is 223. The molecule has 0 saturated heterocycles. The van der Waals surface area contributed by atoms with Crippen LogP contribution in [0, 0.1) is 0 Å². The van der Waals surface area contributed by atoms with Crippen LogP contribution in [0.3, 0.4) is 0 Å². The fourth-order valence-corrected chi connectivity index (χ4v) is 0.870. The maximum atomic E-state index is 11.4. The van der Waals surface area contributed by atoms with Crippen LogP contribution >= 0.6 is 0 Å². The Labute approximate surface area is 83.0 Å². The molecule has 0 heterocycles. The Hall–Kier alpha value is -1.10. The van der Waals surface area contributed by atoms with Gasteiger partial charge in [0.25, 0.3) is 0 Å². The van der Waals surface area contributed by atoms with E-state index in [2.05, 4.69) is 0 Å². The Morgan fingerprint density at radius 3 is 2.29 bits per heavy atom. The summed E-state index contributed by atoms with van der Waals surface area (Å²) in [6, 6.07) is 0. The van der Waals surface area contributed by atoms with Crippen LogP contribution in [-0.4, -0.2) is 35.4 Å². The van der Waals surface area contributed by atoms with Gasteiger partial charge in [-0.25, -0.2) is 4.79 Å². The van der Waals surface area contributed by atoms with E-state index in [0.717, 1.165) is 0 Å². The Balaban J connectivity index is 4.70. The molecule has 0 radical (unpaired) electrons. The number of carbonyl (C=O) groups excluding carboxylic acids is 2. The molecule has 2 atom stereocenters. The number of rotatable bonds is 4. The summed E-state index contributed by atoms with van der Waals surface area (Å²) in [5.41, 5.74) is -1.62. The molecular weight excluding hydrogens is 188 g/mol. The summed E-state index contributed by atoms with van der Waals surface area (Å²) < 4.78 is 9.44. The maximum Gasteiger partial charge on any atom is 0.353 e. The van der Waals surface area contributed by atoms with Gasteiger partial charge in [-0.2, -0.15) is 0 Å². The van der Waals surface area contributed by atoms with E-state index in [1.54, 1.807) is 6.92 Å². The monoisotopic (exact) mass is 204 g/mol. The molecule has 0 amide bonds. The molecule has 0 rings (SSSR count). The van der Waals surface area contributed by atoms with Crippen molar-refractivity contribution in [3.05, 3.63) is 0 Å². The van der Waals surface area contributed by atoms with Crippen LogP contribution in [0.4, 0.5) is 0 Å². The quantitative estimate of drug-likeness (QED) is 0.664. The molecule has 0 bridgehead atoms. The van der Waals surface area contributed by atoms with Crippen molar-refractivity contribution in [2.75, 3.05) is 6.61 Å². The first-order chi connectivity index (χ1) is 6.34. The average molecular weight is 204 g/mol. The molecule has 0 spiro atoms. The summed E-state index contributed by atoms with van der Waals surface area (Å²) in [5, 5.41) is 9.34. The Morgan fingerprint density at radius 1 is 1.50 bits per heavy atom. The smallest absolute Gasteiger partial charge is 0.353 e. The van der Waals surface area contributed by atoms with Gasteiger partial charge < -0.3 is 14.6 Å². The van der Waals surface area contributed by atoms with E-state index in [4.69, 9.17) is 9.47 Å². The molecule has 0 aromatic rings. The molecular formula is C9H16O5. The minimum atomic E-state index is -1.62. The van der Waals surface area contributed by atoms with Gasteiger partial charge in [-0.05, 0) is 20.8 Å². The van der Waals surface area contributed by atoms with Crippen molar-refractivity contribution in [3.8, 4) is 0 Å². The highest BCUT2D eigenvalue weighted by Crippen LogP contribution is 2.18. The largest absolute Gasteiger partial charge is 0.463 e. The molecule has 0 aromatic carbocycles. The van der Waals surface area contributed by atoms with Gasteiger partial charge in [-0.3, -0.25) is 4.79 Å². The van der Waals surface area contributed by atoms with E-state index in [9.17, 15) is 14.7 Å². The summed E-state index contributed by atoms with van der Waals surface area (Å²) in [5.74, 6) is -1.38. The first-order valence-electron chi connectivity index (χ1n) is 4.39. The number of aliphatic hydroxyl groups is 1. The standard InChI is InChI=1S/C9H16O5/c1-5-13-8(12)9(4,6(2)10)14-7(3)11/h6,10H,5H2,1-4H3/t6-,9+/m1/s1. The first-order valence-corrected chi connectivity index (χ1v) is 4.39. The molecule has 0 aliphatic rings. The second kappa shape index (κ2) is 4.95. The highest BCUT2D eigenvalue weighted by atomic mass is 16.6. The van der Waals surface area contributed by atoms with Crippen molar-refractivity contribution in [1.82, 2.24) is 0 Å². The summed E-state index contributed by atoms with van der Waals surface area (Å²) in [4.78, 5) is 22.1. The normalized spacial score (nSPS) is 16.6. The lowest BCUT2D eigenvalue weighted by molar-refractivity contribution is -0.190. The molecule has 0 aliphatic heterocycles. The maximum absolute atomic E-state index is 11.4. The highest BCUT2D eigenvalue weighted by molar-refractivity contribution is 5.83. The van der Waals surface area contributed by atoms with Crippen LogP contribution in [0.25, 0.3) is 0 Å². The lowest BCUT2D eigenvalue weighted by Gasteiger charge is -2.29. The highest BCUT2D eigenvalue weighted by Gasteiger charge is 2.43. The minimum absolute atomic E-state index is 0.169. The van der Waals surface area contributed by atoms with Gasteiger partial charge in [0.15, 0.2) is 0 Å². The van der Waals surface area contributed by atoms with Gasteiger partial charge in [-0.1, -0.05) is 0 Å². The molecule has 1 N–H and O–H groups in total. The van der Waals surface area contributed by atoms with E-state index in [1.807, 2.05) is 0 Å². The number of hydrogen-bond donors (Lipinski definition) is 1. The fraction of sp³-hybridized carbons (Fsp3) is 0.778. The van der Waals surface area contributed by atoms with E-state index >= 15 is 0 Å². The van der Waals surface area contributed by atoms with Crippen molar-refractivity contribution in [1.29, 1.82) is 0 Å². The second-order valence-corrected chi connectivity index (χ2v) is 3.10. The van der Waals surface area contributed by atoms with Crippen LogP contribution in [0.1, 0.15) is 27.7 Å². The van der Waals surface area contributed by atoms with Gasteiger partial charge in [-0.15, -0.1) is 0 Å². The first kappa shape index (κ1) is 12.9. The summed E-state index contributed by atoms with van der Waals surface area (Å²) in [7, 11) is 0. The zero-order valence-corrected chi connectivity index (χ0v) is 8.86. The van der Waals surface area contributed by atoms with Crippen LogP contribution < -0.4 is 0 Å². The molecule has 82 valence electrons. The van der Waals surface area contributed by atoms with Crippen molar-refractivity contribution in [3.63, 3.8) is 0 Å². The molecule has 0 aliphatic carbocycles. The number of ether oxygens (including phenoxy) is 2. The Kier molecular flexibility index (Phi) is 4.56. The molecule has 0 saturated carbocycles. The predicted molar refractivity (Wildman–Crippen MR) is 48.5 cm³/mol. The summed E-state index contributed by atoms with van der Waals surface area (Å²) in [6.07, 6.45) is -1.12. The van der Waals surface area contributed by atoms with Crippen LogP contribution in [0.5, 0.6) is 0 Å². The van der Waals surface area contributed by atoms with Gasteiger partial charge >= 0.3 is 11.9 Å². The predicted octanol–water partition coefficient (Wildman–Crippen LogP) is 0.252. The van der Waals surface area contributed by atoms with Crippen LogP contribution in [0.15, 0.2) is 0 Å². The zero-order chi connectivity index (χ0) is 11.4. The van der Waals surface area contributed by atoms with Gasteiger partial charge in [0.05, 0.1) is 6.61 Å². The fourth-order valence-electron chi connectivity index (χ4n) is 0.870.